The number of amides is 1. The van der Waals surface area contributed by atoms with Gasteiger partial charge in [-0.2, -0.15) is 0 Å². The number of hydrogen-bond donors (Lipinski definition) is 1. The van der Waals surface area contributed by atoms with Crippen LogP contribution in [0.15, 0.2) is 36.4 Å². The maximum absolute atomic E-state index is 12.1. The van der Waals surface area contributed by atoms with Gasteiger partial charge in [-0.1, -0.05) is 23.7 Å². The summed E-state index contributed by atoms with van der Waals surface area (Å²) in [7, 11) is 1.64. The lowest BCUT2D eigenvalue weighted by molar-refractivity contribution is 0.0838. The fourth-order valence-corrected chi connectivity index (χ4v) is 3.03. The van der Waals surface area contributed by atoms with Crippen molar-refractivity contribution in [1.29, 1.82) is 0 Å². The van der Waals surface area contributed by atoms with E-state index in [-0.39, 0.29) is 12.0 Å². The second kappa shape index (κ2) is 6.88. The second-order valence-electron chi connectivity index (χ2n) is 4.36. The third-order valence-corrected chi connectivity index (χ3v) is 4.35. The summed E-state index contributed by atoms with van der Waals surface area (Å²) in [4.78, 5) is 14.4. The van der Waals surface area contributed by atoms with Gasteiger partial charge in [0.2, 0.25) is 0 Å². The van der Waals surface area contributed by atoms with Gasteiger partial charge in [0, 0.05) is 23.4 Å². The van der Waals surface area contributed by atoms with E-state index in [2.05, 4.69) is 5.32 Å². The summed E-state index contributed by atoms with van der Waals surface area (Å²) in [5, 5.41) is 3.31. The lowest BCUT2D eigenvalue weighted by Gasteiger charge is -2.15. The Bertz CT molecular complexity index is 597. The highest BCUT2D eigenvalue weighted by molar-refractivity contribution is 7.12. The van der Waals surface area contributed by atoms with Crippen LogP contribution in [0.1, 0.15) is 26.2 Å². The maximum Gasteiger partial charge on any atom is 0.252 e. The molecule has 1 amide bonds. The minimum absolute atomic E-state index is 0.139. The smallest absolute Gasteiger partial charge is 0.252 e. The Hall–Kier alpha value is -1.36. The number of thiophene rings is 1. The van der Waals surface area contributed by atoms with Gasteiger partial charge in [-0.25, -0.2) is 0 Å². The van der Waals surface area contributed by atoms with Gasteiger partial charge in [0.25, 0.3) is 5.91 Å². The van der Waals surface area contributed by atoms with Crippen molar-refractivity contribution in [2.75, 3.05) is 13.7 Å². The normalized spacial score (nSPS) is 12.2. The van der Waals surface area contributed by atoms with Gasteiger partial charge in [-0.15, -0.1) is 11.3 Å². The zero-order chi connectivity index (χ0) is 14.5. The molecular formula is C15H16ClNO2S. The Morgan fingerprint density at radius 2 is 2.10 bits per heavy atom. The molecule has 0 spiro atoms. The van der Waals surface area contributed by atoms with Crippen LogP contribution in [0.2, 0.25) is 5.02 Å². The number of carbonyl (C=O) groups excluding carboxylic acids is 1. The highest BCUT2D eigenvalue weighted by Gasteiger charge is 2.15. The van der Waals surface area contributed by atoms with E-state index in [9.17, 15) is 4.79 Å². The van der Waals surface area contributed by atoms with Gasteiger partial charge in [-0.3, -0.25) is 4.79 Å². The summed E-state index contributed by atoms with van der Waals surface area (Å²) in [6, 6.07) is 11.1. The number of benzene rings is 1. The van der Waals surface area contributed by atoms with Crippen molar-refractivity contribution < 1.29 is 9.53 Å². The summed E-state index contributed by atoms with van der Waals surface area (Å²) >= 11 is 7.67. The average molecular weight is 310 g/mol. The monoisotopic (exact) mass is 309 g/mol. The third kappa shape index (κ3) is 3.60. The van der Waals surface area contributed by atoms with E-state index in [1.165, 1.54) is 4.88 Å². The van der Waals surface area contributed by atoms with Gasteiger partial charge in [0.1, 0.15) is 6.10 Å². The second-order valence-corrected chi connectivity index (χ2v) is 6.09. The number of halogens is 1. The molecular weight excluding hydrogens is 294 g/mol. The first-order valence-corrected chi connectivity index (χ1v) is 7.43. The number of ether oxygens (including phenoxy) is 1. The number of nitrogens with one attached hydrogen (secondary N) is 1. The van der Waals surface area contributed by atoms with Crippen molar-refractivity contribution in [3.05, 3.63) is 56.7 Å². The lowest BCUT2D eigenvalue weighted by atomic mass is 10.2. The van der Waals surface area contributed by atoms with Gasteiger partial charge in [0.15, 0.2) is 0 Å². The molecule has 1 aromatic carbocycles. The third-order valence-electron chi connectivity index (χ3n) is 2.93. The number of methoxy groups -OCH3 is 1. The lowest BCUT2D eigenvalue weighted by Crippen LogP contribution is -2.29. The molecule has 1 aromatic heterocycles. The number of rotatable bonds is 5. The molecule has 1 heterocycles. The molecule has 0 bridgehead atoms. The van der Waals surface area contributed by atoms with Crippen LogP contribution in [-0.4, -0.2) is 19.6 Å². The topological polar surface area (TPSA) is 38.3 Å². The van der Waals surface area contributed by atoms with Crippen LogP contribution in [0.4, 0.5) is 0 Å². The van der Waals surface area contributed by atoms with Crippen LogP contribution in [0.25, 0.3) is 0 Å². The van der Waals surface area contributed by atoms with E-state index >= 15 is 0 Å². The van der Waals surface area contributed by atoms with Crippen molar-refractivity contribution in [3.63, 3.8) is 0 Å². The van der Waals surface area contributed by atoms with Crippen molar-refractivity contribution in [1.82, 2.24) is 5.32 Å². The molecule has 106 valence electrons. The molecule has 1 atom stereocenters. The summed E-state index contributed by atoms with van der Waals surface area (Å²) in [6.07, 6.45) is -0.139. The van der Waals surface area contributed by atoms with Gasteiger partial charge in [-0.05, 0) is 31.2 Å². The molecule has 0 aliphatic rings. The standard InChI is InChI=1S/C15H16ClNO2S/c1-10-7-8-14(20-10)13(19-2)9-17-15(18)11-5-3-4-6-12(11)16/h3-8,13H,9H2,1-2H3,(H,17,18)/t13-/m1/s1. The van der Waals surface area contributed by atoms with E-state index in [1.807, 2.05) is 19.1 Å². The fourth-order valence-electron chi connectivity index (χ4n) is 1.85. The molecule has 0 unspecified atom stereocenters. The summed E-state index contributed by atoms with van der Waals surface area (Å²) in [6.45, 7) is 2.46. The molecule has 2 aromatic rings. The fraction of sp³-hybridized carbons (Fsp3) is 0.267. The molecule has 0 saturated heterocycles. The van der Waals surface area contributed by atoms with Crippen LogP contribution in [0.5, 0.6) is 0 Å². The molecule has 0 radical (unpaired) electrons. The summed E-state index contributed by atoms with van der Waals surface area (Å²) < 4.78 is 5.43. The Morgan fingerprint density at radius 1 is 1.35 bits per heavy atom. The van der Waals surface area contributed by atoms with Crippen LogP contribution < -0.4 is 5.32 Å². The highest BCUT2D eigenvalue weighted by Crippen LogP contribution is 2.24. The highest BCUT2D eigenvalue weighted by atomic mass is 35.5. The van der Waals surface area contributed by atoms with E-state index in [4.69, 9.17) is 16.3 Å². The SMILES string of the molecule is CO[C@H](CNC(=O)c1ccccc1Cl)c1ccc(C)s1. The molecule has 0 fully saturated rings. The molecule has 0 aliphatic heterocycles. The van der Waals surface area contributed by atoms with Crippen molar-refractivity contribution in [3.8, 4) is 0 Å². The minimum Gasteiger partial charge on any atom is -0.374 e. The predicted molar refractivity (Wildman–Crippen MR) is 82.6 cm³/mol. The van der Waals surface area contributed by atoms with E-state index in [0.29, 0.717) is 17.1 Å². The number of carbonyl (C=O) groups is 1. The maximum atomic E-state index is 12.1. The largest absolute Gasteiger partial charge is 0.374 e. The van der Waals surface area contributed by atoms with E-state index in [0.717, 1.165) is 4.88 Å². The molecule has 0 aliphatic carbocycles. The minimum atomic E-state index is -0.189. The Labute approximate surface area is 127 Å². The van der Waals surface area contributed by atoms with Crippen LogP contribution >= 0.6 is 22.9 Å². The molecule has 2 rings (SSSR count). The van der Waals surface area contributed by atoms with Crippen molar-refractivity contribution >= 4 is 28.8 Å². The number of hydrogen-bond acceptors (Lipinski definition) is 3. The predicted octanol–water partition coefficient (Wildman–Crippen LogP) is 3.83. The zero-order valence-electron chi connectivity index (χ0n) is 11.4. The van der Waals surface area contributed by atoms with E-state index in [1.54, 1.807) is 42.7 Å². The van der Waals surface area contributed by atoms with Crippen LogP contribution in [0, 0.1) is 6.92 Å². The average Bonchev–Trinajstić information content (AvgIpc) is 2.86. The molecule has 3 nitrogen and oxygen atoms in total. The first-order valence-electron chi connectivity index (χ1n) is 6.23. The van der Waals surface area contributed by atoms with Crippen LogP contribution in [-0.2, 0) is 4.74 Å². The Morgan fingerprint density at radius 3 is 2.70 bits per heavy atom. The van der Waals surface area contributed by atoms with Crippen LogP contribution in [0.3, 0.4) is 0 Å². The first kappa shape index (κ1) is 15.0. The molecule has 5 heteroatoms. The van der Waals surface area contributed by atoms with Crippen molar-refractivity contribution in [2.24, 2.45) is 0 Å². The Kier molecular flexibility index (Phi) is 5.17. The quantitative estimate of drug-likeness (QED) is 0.911. The summed E-state index contributed by atoms with van der Waals surface area (Å²) in [5.41, 5.74) is 0.478. The molecule has 20 heavy (non-hydrogen) atoms. The molecule has 1 N–H and O–H groups in total. The van der Waals surface area contributed by atoms with Gasteiger partial charge >= 0.3 is 0 Å². The summed E-state index contributed by atoms with van der Waals surface area (Å²) in [5.74, 6) is -0.189. The van der Waals surface area contributed by atoms with Gasteiger partial charge in [0.05, 0.1) is 10.6 Å². The molecule has 0 saturated carbocycles. The van der Waals surface area contributed by atoms with E-state index < -0.39 is 0 Å². The van der Waals surface area contributed by atoms with Gasteiger partial charge < -0.3 is 10.1 Å². The first-order chi connectivity index (χ1) is 9.61. The number of aryl methyl sites for hydroxylation is 1. The Balaban J connectivity index is 2.00. The zero-order valence-corrected chi connectivity index (χ0v) is 12.9. The van der Waals surface area contributed by atoms with Crippen molar-refractivity contribution in [2.45, 2.75) is 13.0 Å².